The van der Waals surface area contributed by atoms with Gasteiger partial charge in [-0.15, -0.1) is 12.4 Å². The molecule has 0 aliphatic heterocycles. The SMILES string of the molecule is Cc1ccc(-c2nc(C3(N)CCCC3)no2)cc1NC(=O)NC(C)(C)C.Cl. The second-order valence-electron chi connectivity index (χ2n) is 8.15. The second-order valence-corrected chi connectivity index (χ2v) is 8.15. The van der Waals surface area contributed by atoms with Crippen molar-refractivity contribution in [3.63, 3.8) is 0 Å². The van der Waals surface area contributed by atoms with Gasteiger partial charge in [-0.05, 0) is 58.2 Å². The number of carbonyl (C=O) groups is 1. The van der Waals surface area contributed by atoms with Crippen LogP contribution in [0.2, 0.25) is 0 Å². The fraction of sp³-hybridized carbons (Fsp3) is 0.526. The number of aromatic nitrogens is 2. The van der Waals surface area contributed by atoms with Crippen molar-refractivity contribution in [2.24, 2.45) is 5.73 Å². The van der Waals surface area contributed by atoms with Crippen molar-refractivity contribution in [2.45, 2.75) is 64.5 Å². The van der Waals surface area contributed by atoms with Crippen molar-refractivity contribution in [1.29, 1.82) is 0 Å². The van der Waals surface area contributed by atoms with E-state index in [4.69, 9.17) is 10.3 Å². The number of anilines is 1. The third-order valence-corrected chi connectivity index (χ3v) is 4.59. The molecule has 1 aliphatic rings. The zero-order chi connectivity index (χ0) is 18.9. The largest absolute Gasteiger partial charge is 0.334 e. The highest BCUT2D eigenvalue weighted by Crippen LogP contribution is 2.35. The number of urea groups is 1. The first-order valence-electron chi connectivity index (χ1n) is 9.00. The minimum atomic E-state index is -0.486. The Hall–Kier alpha value is -2.12. The fourth-order valence-electron chi connectivity index (χ4n) is 3.16. The zero-order valence-electron chi connectivity index (χ0n) is 16.3. The Morgan fingerprint density at radius 3 is 2.56 bits per heavy atom. The van der Waals surface area contributed by atoms with Gasteiger partial charge < -0.3 is 20.9 Å². The summed E-state index contributed by atoms with van der Waals surface area (Å²) in [6.07, 6.45) is 3.92. The molecule has 0 bridgehead atoms. The zero-order valence-corrected chi connectivity index (χ0v) is 17.1. The number of amides is 2. The number of carbonyl (C=O) groups excluding carboxylic acids is 1. The maximum atomic E-state index is 12.2. The maximum Gasteiger partial charge on any atom is 0.319 e. The van der Waals surface area contributed by atoms with Gasteiger partial charge in [0, 0.05) is 16.8 Å². The second kappa shape index (κ2) is 7.86. The Balaban J connectivity index is 0.00000261. The third kappa shape index (κ3) is 4.99. The molecular formula is C19H28ClN5O2. The molecule has 0 spiro atoms. The molecule has 1 heterocycles. The van der Waals surface area contributed by atoms with Crippen LogP contribution in [0.15, 0.2) is 22.7 Å². The average molecular weight is 394 g/mol. The molecule has 8 heteroatoms. The van der Waals surface area contributed by atoms with E-state index in [1.165, 1.54) is 0 Å². The molecule has 3 rings (SSSR count). The number of aryl methyl sites for hydroxylation is 1. The summed E-state index contributed by atoms with van der Waals surface area (Å²) >= 11 is 0. The predicted molar refractivity (Wildman–Crippen MR) is 108 cm³/mol. The summed E-state index contributed by atoms with van der Waals surface area (Å²) in [4.78, 5) is 16.7. The van der Waals surface area contributed by atoms with E-state index in [2.05, 4.69) is 20.8 Å². The molecular weight excluding hydrogens is 366 g/mol. The molecule has 7 nitrogen and oxygen atoms in total. The lowest BCUT2D eigenvalue weighted by molar-refractivity contribution is 0.244. The van der Waals surface area contributed by atoms with Crippen LogP contribution < -0.4 is 16.4 Å². The van der Waals surface area contributed by atoms with E-state index in [9.17, 15) is 4.79 Å². The van der Waals surface area contributed by atoms with Crippen molar-refractivity contribution in [1.82, 2.24) is 15.5 Å². The van der Waals surface area contributed by atoms with Crippen molar-refractivity contribution >= 4 is 24.1 Å². The molecule has 2 amide bonds. The summed E-state index contributed by atoms with van der Waals surface area (Å²) in [5, 5.41) is 9.86. The Kier molecular flexibility index (Phi) is 6.17. The minimum absolute atomic E-state index is 0. The van der Waals surface area contributed by atoms with Gasteiger partial charge in [-0.1, -0.05) is 24.1 Å². The number of nitrogens with one attached hydrogen (secondary N) is 2. The van der Waals surface area contributed by atoms with Crippen molar-refractivity contribution in [3.8, 4) is 11.5 Å². The molecule has 0 saturated heterocycles. The smallest absolute Gasteiger partial charge is 0.319 e. The van der Waals surface area contributed by atoms with E-state index in [1.807, 2.05) is 45.9 Å². The number of hydrogen-bond acceptors (Lipinski definition) is 5. The molecule has 0 unspecified atom stereocenters. The van der Waals surface area contributed by atoms with Crippen LogP contribution in [0.4, 0.5) is 10.5 Å². The molecule has 2 aromatic rings. The molecule has 1 aromatic heterocycles. The average Bonchev–Trinajstić information content (AvgIpc) is 3.17. The van der Waals surface area contributed by atoms with Gasteiger partial charge in [0.05, 0.1) is 5.54 Å². The summed E-state index contributed by atoms with van der Waals surface area (Å²) in [6, 6.07) is 5.40. The summed E-state index contributed by atoms with van der Waals surface area (Å²) in [5.41, 5.74) is 8.00. The highest BCUT2D eigenvalue weighted by molar-refractivity contribution is 5.91. The number of hydrogen-bond donors (Lipinski definition) is 3. The van der Waals surface area contributed by atoms with Crippen LogP contribution in [0.5, 0.6) is 0 Å². The van der Waals surface area contributed by atoms with Gasteiger partial charge in [0.1, 0.15) is 0 Å². The first-order chi connectivity index (χ1) is 12.2. The Bertz CT molecular complexity index is 807. The van der Waals surface area contributed by atoms with E-state index in [-0.39, 0.29) is 24.0 Å². The molecule has 0 atom stereocenters. The lowest BCUT2D eigenvalue weighted by atomic mass is 9.98. The number of benzene rings is 1. The van der Waals surface area contributed by atoms with E-state index < -0.39 is 5.54 Å². The van der Waals surface area contributed by atoms with Crippen LogP contribution in [0.3, 0.4) is 0 Å². The summed E-state index contributed by atoms with van der Waals surface area (Å²) in [6.45, 7) is 7.73. The minimum Gasteiger partial charge on any atom is -0.334 e. The normalized spacial score (nSPS) is 15.9. The first-order valence-corrected chi connectivity index (χ1v) is 9.00. The molecule has 0 radical (unpaired) electrons. The molecule has 148 valence electrons. The van der Waals surface area contributed by atoms with Gasteiger partial charge in [0.2, 0.25) is 0 Å². The standard InChI is InChI=1S/C19H27N5O2.ClH/c1-12-7-8-13(11-14(12)21-17(25)23-18(2,3)4)15-22-16(24-26-15)19(20)9-5-6-10-19;/h7-8,11H,5-6,9-10,20H2,1-4H3,(H2,21,23,25);1H. The van der Waals surface area contributed by atoms with Crippen molar-refractivity contribution in [3.05, 3.63) is 29.6 Å². The molecule has 1 fully saturated rings. The van der Waals surface area contributed by atoms with Crippen LogP contribution in [0.1, 0.15) is 57.8 Å². The summed E-state index contributed by atoms with van der Waals surface area (Å²) in [7, 11) is 0. The number of rotatable bonds is 3. The summed E-state index contributed by atoms with van der Waals surface area (Å²) in [5.74, 6) is 0.974. The van der Waals surface area contributed by atoms with Crippen molar-refractivity contribution < 1.29 is 9.32 Å². The number of nitrogens with zero attached hydrogens (tertiary/aromatic N) is 2. The van der Waals surface area contributed by atoms with Gasteiger partial charge >= 0.3 is 6.03 Å². The van der Waals surface area contributed by atoms with Gasteiger partial charge in [-0.25, -0.2) is 4.79 Å². The van der Waals surface area contributed by atoms with Crippen LogP contribution in [-0.4, -0.2) is 21.7 Å². The third-order valence-electron chi connectivity index (χ3n) is 4.59. The molecule has 1 aliphatic carbocycles. The van der Waals surface area contributed by atoms with Gasteiger partial charge in [-0.3, -0.25) is 0 Å². The Morgan fingerprint density at radius 1 is 1.26 bits per heavy atom. The lowest BCUT2D eigenvalue weighted by Gasteiger charge is -2.21. The Morgan fingerprint density at radius 2 is 1.93 bits per heavy atom. The van der Waals surface area contributed by atoms with Gasteiger partial charge in [-0.2, -0.15) is 4.98 Å². The van der Waals surface area contributed by atoms with E-state index >= 15 is 0 Å². The molecule has 27 heavy (non-hydrogen) atoms. The van der Waals surface area contributed by atoms with E-state index in [1.54, 1.807) is 0 Å². The first kappa shape index (κ1) is 21.2. The van der Waals surface area contributed by atoms with Gasteiger partial charge in [0.15, 0.2) is 5.82 Å². The lowest BCUT2D eigenvalue weighted by Crippen LogP contribution is -2.43. The van der Waals surface area contributed by atoms with Gasteiger partial charge in [0.25, 0.3) is 5.89 Å². The van der Waals surface area contributed by atoms with E-state index in [0.29, 0.717) is 17.4 Å². The monoisotopic (exact) mass is 393 g/mol. The molecule has 1 saturated carbocycles. The number of nitrogens with two attached hydrogens (primary N) is 1. The van der Waals surface area contributed by atoms with E-state index in [0.717, 1.165) is 36.8 Å². The number of halogens is 1. The van der Waals surface area contributed by atoms with Crippen molar-refractivity contribution in [2.75, 3.05) is 5.32 Å². The highest BCUT2D eigenvalue weighted by Gasteiger charge is 2.36. The topological polar surface area (TPSA) is 106 Å². The van der Waals surface area contributed by atoms with Crippen LogP contribution >= 0.6 is 12.4 Å². The highest BCUT2D eigenvalue weighted by atomic mass is 35.5. The molecule has 1 aromatic carbocycles. The quantitative estimate of drug-likeness (QED) is 0.727. The predicted octanol–water partition coefficient (Wildman–Crippen LogP) is 4.11. The summed E-state index contributed by atoms with van der Waals surface area (Å²) < 4.78 is 5.44. The maximum absolute atomic E-state index is 12.2. The fourth-order valence-corrected chi connectivity index (χ4v) is 3.16. The van der Waals surface area contributed by atoms with Crippen LogP contribution in [0.25, 0.3) is 11.5 Å². The van der Waals surface area contributed by atoms with Crippen LogP contribution in [-0.2, 0) is 5.54 Å². The molecule has 4 N–H and O–H groups in total. The van der Waals surface area contributed by atoms with Crippen LogP contribution in [0, 0.1) is 6.92 Å². The Labute approximate surface area is 165 Å².